The van der Waals surface area contributed by atoms with Crippen molar-refractivity contribution in [2.45, 2.75) is 19.4 Å². The third kappa shape index (κ3) is 1.38. The number of nitrogens with zero attached hydrogens (tertiary/aromatic N) is 4. The van der Waals surface area contributed by atoms with E-state index in [1.54, 1.807) is 6.33 Å². The first-order chi connectivity index (χ1) is 7.24. The molecule has 1 aliphatic carbocycles. The molecule has 2 heterocycles. The van der Waals surface area contributed by atoms with Gasteiger partial charge in [0.1, 0.15) is 5.52 Å². The van der Waals surface area contributed by atoms with Crippen molar-refractivity contribution >= 4 is 22.9 Å². The summed E-state index contributed by atoms with van der Waals surface area (Å²) in [5, 5.41) is 0. The van der Waals surface area contributed by atoms with Crippen LogP contribution in [-0.2, 0) is 6.54 Å². The summed E-state index contributed by atoms with van der Waals surface area (Å²) in [5.74, 6) is 2.05. The van der Waals surface area contributed by atoms with E-state index in [1.807, 2.05) is 4.57 Å². The predicted octanol–water partition coefficient (Wildman–Crippen LogP) is 0.359. The van der Waals surface area contributed by atoms with Gasteiger partial charge in [-0.1, -0.05) is 0 Å². The minimum Gasteiger partial charge on any atom is -0.382 e. The smallest absolute Gasteiger partial charge is 0.224 e. The molecule has 0 atom stereocenters. The molecule has 0 unspecified atom stereocenters. The molecule has 0 aliphatic heterocycles. The lowest BCUT2D eigenvalue weighted by atomic mass is 10.4. The molecular formula is C9H11N6. The van der Waals surface area contributed by atoms with Crippen LogP contribution in [0.15, 0.2) is 6.33 Å². The average Bonchev–Trinajstić information content (AvgIpc) is 2.89. The van der Waals surface area contributed by atoms with Gasteiger partial charge in [-0.05, 0) is 18.8 Å². The second-order valence-electron chi connectivity index (χ2n) is 3.76. The van der Waals surface area contributed by atoms with E-state index in [4.69, 9.17) is 11.5 Å². The van der Waals surface area contributed by atoms with Crippen molar-refractivity contribution in [2.24, 2.45) is 0 Å². The Balaban J connectivity index is 2.14. The number of aromatic nitrogens is 4. The van der Waals surface area contributed by atoms with Crippen molar-refractivity contribution in [3.8, 4) is 0 Å². The standard InChI is InChI=1S/C9H11N6/c10-7-6-8(14-9(11)13-7)15(4-12-6)3-5-1-2-5/h4H,1-3H2,(H4,10,11,13,14). The molecule has 4 N–H and O–H groups in total. The van der Waals surface area contributed by atoms with Gasteiger partial charge in [-0.25, -0.2) is 4.98 Å². The topological polar surface area (TPSA) is 95.6 Å². The zero-order valence-corrected chi connectivity index (χ0v) is 8.14. The summed E-state index contributed by atoms with van der Waals surface area (Å²) in [6.07, 6.45) is 4.14. The Morgan fingerprint density at radius 3 is 2.80 bits per heavy atom. The fourth-order valence-corrected chi connectivity index (χ4v) is 1.59. The van der Waals surface area contributed by atoms with Crippen molar-refractivity contribution in [3.63, 3.8) is 0 Å². The molecule has 0 amide bonds. The van der Waals surface area contributed by atoms with Gasteiger partial charge in [0.25, 0.3) is 0 Å². The minimum atomic E-state index is 0.197. The summed E-state index contributed by atoms with van der Waals surface area (Å²) in [6.45, 7) is 0.867. The van der Waals surface area contributed by atoms with Crippen molar-refractivity contribution in [3.05, 3.63) is 12.2 Å². The molecule has 0 bridgehead atoms. The molecule has 1 aliphatic rings. The first kappa shape index (κ1) is 8.46. The predicted molar refractivity (Wildman–Crippen MR) is 56.6 cm³/mol. The normalized spacial score (nSPS) is 16.0. The van der Waals surface area contributed by atoms with E-state index in [-0.39, 0.29) is 5.95 Å². The highest BCUT2D eigenvalue weighted by atomic mass is 15.2. The summed E-state index contributed by atoms with van der Waals surface area (Å²) < 4.78 is 1.96. The lowest BCUT2D eigenvalue weighted by molar-refractivity contribution is 0.778. The van der Waals surface area contributed by atoms with E-state index in [0.29, 0.717) is 11.3 Å². The molecule has 15 heavy (non-hydrogen) atoms. The molecule has 1 saturated carbocycles. The zero-order chi connectivity index (χ0) is 10.4. The molecule has 6 nitrogen and oxygen atoms in total. The van der Waals surface area contributed by atoms with Crippen LogP contribution in [0.2, 0.25) is 0 Å². The number of anilines is 2. The monoisotopic (exact) mass is 203 g/mol. The van der Waals surface area contributed by atoms with E-state index in [9.17, 15) is 0 Å². The van der Waals surface area contributed by atoms with Crippen LogP contribution < -0.4 is 11.5 Å². The highest BCUT2D eigenvalue weighted by molar-refractivity contribution is 5.82. The highest BCUT2D eigenvalue weighted by Crippen LogP contribution is 2.34. The zero-order valence-electron chi connectivity index (χ0n) is 8.14. The number of fused-ring (bicyclic) bond motifs is 1. The molecule has 1 fully saturated rings. The lowest BCUT2D eigenvalue weighted by Crippen LogP contribution is -2.03. The maximum atomic E-state index is 5.70. The number of imidazole rings is 1. The van der Waals surface area contributed by atoms with E-state index in [2.05, 4.69) is 15.0 Å². The van der Waals surface area contributed by atoms with Gasteiger partial charge in [-0.15, -0.1) is 0 Å². The van der Waals surface area contributed by atoms with Crippen LogP contribution in [0, 0.1) is 5.92 Å². The number of rotatable bonds is 2. The van der Waals surface area contributed by atoms with Crippen LogP contribution in [0.3, 0.4) is 0 Å². The molecule has 3 rings (SSSR count). The van der Waals surface area contributed by atoms with Crippen LogP contribution in [0.4, 0.5) is 11.8 Å². The SMILES string of the molecule is Nc1nc(N)c2ncn(C[C]3CC3)c2n1. The molecule has 1 radical (unpaired) electrons. The number of hydrogen-bond donors (Lipinski definition) is 2. The Morgan fingerprint density at radius 2 is 2.07 bits per heavy atom. The van der Waals surface area contributed by atoms with Gasteiger partial charge < -0.3 is 16.0 Å². The van der Waals surface area contributed by atoms with Crippen molar-refractivity contribution in [1.82, 2.24) is 19.5 Å². The van der Waals surface area contributed by atoms with Crippen LogP contribution in [0.25, 0.3) is 11.2 Å². The van der Waals surface area contributed by atoms with Gasteiger partial charge >= 0.3 is 0 Å². The summed E-state index contributed by atoms with van der Waals surface area (Å²) in [6, 6.07) is 0. The van der Waals surface area contributed by atoms with Crippen molar-refractivity contribution < 1.29 is 0 Å². The lowest BCUT2D eigenvalue weighted by Gasteiger charge is -2.02. The van der Waals surface area contributed by atoms with E-state index >= 15 is 0 Å². The molecule has 0 saturated heterocycles. The van der Waals surface area contributed by atoms with Crippen LogP contribution in [0.5, 0.6) is 0 Å². The Hall–Kier alpha value is -1.85. The van der Waals surface area contributed by atoms with Gasteiger partial charge in [-0.2, -0.15) is 9.97 Å². The first-order valence-corrected chi connectivity index (χ1v) is 4.81. The number of hydrogen-bond acceptors (Lipinski definition) is 5. The van der Waals surface area contributed by atoms with Crippen LogP contribution >= 0.6 is 0 Å². The summed E-state index contributed by atoms with van der Waals surface area (Å²) in [4.78, 5) is 12.2. The second-order valence-corrected chi connectivity index (χ2v) is 3.76. The molecule has 6 heteroatoms. The first-order valence-electron chi connectivity index (χ1n) is 4.81. The number of nitrogen functional groups attached to an aromatic ring is 2. The van der Waals surface area contributed by atoms with Crippen molar-refractivity contribution in [1.29, 1.82) is 0 Å². The molecule has 77 valence electrons. The van der Waals surface area contributed by atoms with E-state index in [1.165, 1.54) is 18.8 Å². The summed E-state index contributed by atoms with van der Waals surface area (Å²) in [7, 11) is 0. The number of nitrogens with two attached hydrogens (primary N) is 2. The minimum absolute atomic E-state index is 0.197. The average molecular weight is 203 g/mol. The van der Waals surface area contributed by atoms with Crippen LogP contribution in [-0.4, -0.2) is 19.5 Å². The quantitative estimate of drug-likeness (QED) is 0.734. The van der Waals surface area contributed by atoms with E-state index in [0.717, 1.165) is 12.2 Å². The highest BCUT2D eigenvalue weighted by Gasteiger charge is 2.23. The Kier molecular flexibility index (Phi) is 1.59. The molecule has 2 aromatic heterocycles. The summed E-state index contributed by atoms with van der Waals surface area (Å²) >= 11 is 0. The Bertz CT molecular complexity index is 513. The second kappa shape index (κ2) is 2.82. The summed E-state index contributed by atoms with van der Waals surface area (Å²) in [5.41, 5.74) is 12.6. The van der Waals surface area contributed by atoms with Gasteiger partial charge in [-0.3, -0.25) is 0 Å². The van der Waals surface area contributed by atoms with Crippen molar-refractivity contribution in [2.75, 3.05) is 11.5 Å². The molecule has 0 aromatic carbocycles. The van der Waals surface area contributed by atoms with Gasteiger partial charge in [0, 0.05) is 6.54 Å². The Morgan fingerprint density at radius 1 is 1.27 bits per heavy atom. The molecule has 2 aromatic rings. The largest absolute Gasteiger partial charge is 0.382 e. The molecular weight excluding hydrogens is 192 g/mol. The fourth-order valence-electron chi connectivity index (χ4n) is 1.59. The van der Waals surface area contributed by atoms with Gasteiger partial charge in [0.2, 0.25) is 5.95 Å². The Labute approximate surface area is 86.3 Å². The van der Waals surface area contributed by atoms with Crippen LogP contribution in [0.1, 0.15) is 12.8 Å². The third-order valence-corrected chi connectivity index (χ3v) is 2.51. The molecule has 0 spiro atoms. The maximum absolute atomic E-state index is 5.70. The third-order valence-electron chi connectivity index (χ3n) is 2.51. The van der Waals surface area contributed by atoms with E-state index < -0.39 is 0 Å². The van der Waals surface area contributed by atoms with Gasteiger partial charge in [0.15, 0.2) is 11.5 Å². The fraction of sp³-hybridized carbons (Fsp3) is 0.333. The van der Waals surface area contributed by atoms with Gasteiger partial charge in [0.05, 0.1) is 6.33 Å². The maximum Gasteiger partial charge on any atom is 0.224 e.